The molecule has 5 aliphatic rings. The van der Waals surface area contributed by atoms with Crippen LogP contribution in [0.15, 0.2) is 11.3 Å². The number of carbonyl (C=O) groups is 1. The predicted molar refractivity (Wildman–Crippen MR) is 75.4 cm³/mol. The van der Waals surface area contributed by atoms with E-state index in [2.05, 4.69) is 11.4 Å². The van der Waals surface area contributed by atoms with E-state index in [-0.39, 0.29) is 11.7 Å². The maximum atomic E-state index is 12.9. The first-order valence-electron chi connectivity index (χ1n) is 8.17. The van der Waals surface area contributed by atoms with Crippen LogP contribution in [0.2, 0.25) is 0 Å². The number of Topliss-reactive ketones (excluding diaryl/α,β-unsaturated/α-hetero) is 1. The van der Waals surface area contributed by atoms with Gasteiger partial charge in [0, 0.05) is 18.2 Å². The molecule has 5 fully saturated rings. The molecule has 0 amide bonds. The third kappa shape index (κ3) is 1.81. The van der Waals surface area contributed by atoms with E-state index in [1.54, 1.807) is 0 Å². The minimum absolute atomic E-state index is 0.160. The van der Waals surface area contributed by atoms with Crippen LogP contribution >= 0.6 is 0 Å². The number of allylic oxidation sites excluding steroid dienone is 2. The Kier molecular flexibility index (Phi) is 2.87. The molecular formula is C17H22N2O. The molecule has 1 N–H and O–H groups in total. The van der Waals surface area contributed by atoms with Gasteiger partial charge >= 0.3 is 0 Å². The summed E-state index contributed by atoms with van der Waals surface area (Å²) in [6.07, 6.45) is 8.30. The van der Waals surface area contributed by atoms with Crippen LogP contribution in [0.25, 0.3) is 0 Å². The average Bonchev–Trinajstić information content (AvgIpc) is 2.92. The van der Waals surface area contributed by atoms with Crippen molar-refractivity contribution in [2.45, 2.75) is 44.9 Å². The van der Waals surface area contributed by atoms with Crippen LogP contribution in [0, 0.1) is 40.9 Å². The SMILES string of the molecule is N#C/C(C(=O)C1C2CC3CC(C2)CC1C3)=C1/CCCN1. The largest absolute Gasteiger partial charge is 0.387 e. The summed E-state index contributed by atoms with van der Waals surface area (Å²) in [7, 11) is 0. The highest BCUT2D eigenvalue weighted by Gasteiger charge is 2.51. The van der Waals surface area contributed by atoms with Gasteiger partial charge in [-0.25, -0.2) is 0 Å². The van der Waals surface area contributed by atoms with E-state index in [0.717, 1.165) is 36.9 Å². The van der Waals surface area contributed by atoms with Gasteiger partial charge in [0.05, 0.1) is 0 Å². The molecule has 1 heterocycles. The van der Waals surface area contributed by atoms with E-state index >= 15 is 0 Å². The summed E-state index contributed by atoms with van der Waals surface area (Å²) >= 11 is 0. The van der Waals surface area contributed by atoms with E-state index in [1.165, 1.54) is 32.1 Å². The van der Waals surface area contributed by atoms with Gasteiger partial charge in [-0.1, -0.05) is 0 Å². The molecule has 0 aromatic heterocycles. The van der Waals surface area contributed by atoms with E-state index in [1.807, 2.05) is 0 Å². The van der Waals surface area contributed by atoms with Crippen molar-refractivity contribution in [2.24, 2.45) is 29.6 Å². The van der Waals surface area contributed by atoms with Gasteiger partial charge in [0.2, 0.25) is 0 Å². The molecule has 0 unspecified atom stereocenters. The summed E-state index contributed by atoms with van der Waals surface area (Å²) in [4.78, 5) is 12.9. The minimum Gasteiger partial charge on any atom is -0.387 e. The summed E-state index contributed by atoms with van der Waals surface area (Å²) in [5.41, 5.74) is 1.38. The molecule has 5 rings (SSSR count). The first kappa shape index (κ1) is 12.4. The zero-order valence-electron chi connectivity index (χ0n) is 11.9. The molecule has 106 valence electrons. The monoisotopic (exact) mass is 270 g/mol. The van der Waals surface area contributed by atoms with E-state index < -0.39 is 0 Å². The van der Waals surface area contributed by atoms with Gasteiger partial charge in [0.1, 0.15) is 11.6 Å². The van der Waals surface area contributed by atoms with Crippen molar-refractivity contribution in [3.8, 4) is 6.07 Å². The maximum absolute atomic E-state index is 12.9. The highest BCUT2D eigenvalue weighted by Crippen LogP contribution is 2.57. The molecule has 4 aliphatic carbocycles. The normalized spacial score (nSPS) is 44.0. The van der Waals surface area contributed by atoms with E-state index in [4.69, 9.17) is 0 Å². The summed E-state index contributed by atoms with van der Waals surface area (Å²) in [6.45, 7) is 0.912. The number of rotatable bonds is 2. The number of hydrogen-bond acceptors (Lipinski definition) is 3. The van der Waals surface area contributed by atoms with Crippen molar-refractivity contribution < 1.29 is 4.79 Å². The summed E-state index contributed by atoms with van der Waals surface area (Å²) in [6, 6.07) is 2.22. The molecule has 1 saturated heterocycles. The van der Waals surface area contributed by atoms with Gasteiger partial charge in [-0.05, 0) is 68.6 Å². The number of nitriles is 1. The molecule has 0 aromatic rings. The molecule has 0 atom stereocenters. The molecule has 20 heavy (non-hydrogen) atoms. The molecule has 1 aliphatic heterocycles. The van der Waals surface area contributed by atoms with Crippen molar-refractivity contribution >= 4 is 5.78 Å². The van der Waals surface area contributed by atoms with Crippen LogP contribution in [0.5, 0.6) is 0 Å². The van der Waals surface area contributed by atoms with Crippen molar-refractivity contribution in [1.29, 1.82) is 5.26 Å². The van der Waals surface area contributed by atoms with Crippen molar-refractivity contribution in [2.75, 3.05) is 6.54 Å². The number of nitrogens with zero attached hydrogens (tertiary/aromatic N) is 1. The Bertz CT molecular complexity index is 478. The molecule has 0 spiro atoms. The second kappa shape index (κ2) is 4.62. The van der Waals surface area contributed by atoms with Crippen LogP contribution < -0.4 is 5.32 Å². The Labute approximate surface area is 120 Å². The third-order valence-corrected chi connectivity index (χ3v) is 6.13. The molecule has 0 aromatic carbocycles. The zero-order valence-corrected chi connectivity index (χ0v) is 11.9. The van der Waals surface area contributed by atoms with Crippen molar-refractivity contribution in [1.82, 2.24) is 5.32 Å². The third-order valence-electron chi connectivity index (χ3n) is 6.13. The molecule has 3 heteroatoms. The topological polar surface area (TPSA) is 52.9 Å². The van der Waals surface area contributed by atoms with Crippen molar-refractivity contribution in [3.05, 3.63) is 11.3 Å². The maximum Gasteiger partial charge on any atom is 0.178 e. The second-order valence-electron chi connectivity index (χ2n) is 7.32. The van der Waals surface area contributed by atoms with Crippen LogP contribution in [0.1, 0.15) is 44.9 Å². The fourth-order valence-corrected chi connectivity index (χ4v) is 5.60. The lowest BCUT2D eigenvalue weighted by atomic mass is 9.51. The van der Waals surface area contributed by atoms with Crippen molar-refractivity contribution in [3.63, 3.8) is 0 Å². The number of nitrogens with one attached hydrogen (secondary N) is 1. The van der Waals surface area contributed by atoms with Crippen LogP contribution in [-0.2, 0) is 4.79 Å². The Morgan fingerprint density at radius 2 is 1.75 bits per heavy atom. The lowest BCUT2D eigenvalue weighted by molar-refractivity contribution is -0.131. The highest BCUT2D eigenvalue weighted by atomic mass is 16.1. The van der Waals surface area contributed by atoms with Crippen LogP contribution in [0.4, 0.5) is 0 Å². The first-order valence-corrected chi connectivity index (χ1v) is 8.17. The second-order valence-corrected chi connectivity index (χ2v) is 7.32. The van der Waals surface area contributed by atoms with Crippen LogP contribution in [0.3, 0.4) is 0 Å². The van der Waals surface area contributed by atoms with Gasteiger partial charge in [0.15, 0.2) is 5.78 Å². The number of carbonyl (C=O) groups excluding carboxylic acids is 1. The van der Waals surface area contributed by atoms with Gasteiger partial charge in [-0.15, -0.1) is 0 Å². The zero-order chi connectivity index (χ0) is 13.7. The molecule has 0 radical (unpaired) electrons. The molecule has 3 nitrogen and oxygen atoms in total. The summed E-state index contributed by atoms with van der Waals surface area (Å²) in [5.74, 6) is 3.24. The van der Waals surface area contributed by atoms with E-state index in [0.29, 0.717) is 17.4 Å². The number of ketones is 1. The van der Waals surface area contributed by atoms with Gasteiger partial charge < -0.3 is 5.32 Å². The minimum atomic E-state index is 0.160. The fraction of sp³-hybridized carbons (Fsp3) is 0.765. The molecule has 4 bridgehead atoms. The Balaban J connectivity index is 1.62. The average molecular weight is 270 g/mol. The quantitative estimate of drug-likeness (QED) is 0.620. The Morgan fingerprint density at radius 1 is 1.10 bits per heavy atom. The highest BCUT2D eigenvalue weighted by molar-refractivity contribution is 6.01. The molecular weight excluding hydrogens is 248 g/mol. The smallest absolute Gasteiger partial charge is 0.178 e. The lowest BCUT2D eigenvalue weighted by Crippen LogP contribution is -2.48. The standard InChI is InChI=1S/C17H22N2O/c18-9-14(15-2-1-3-19-15)17(20)16-12-5-10-4-11(7-12)8-13(16)6-10/h10-13,16,19H,1-8H2/b15-14+. The molecule has 4 saturated carbocycles. The fourth-order valence-electron chi connectivity index (χ4n) is 5.60. The summed E-state index contributed by atoms with van der Waals surface area (Å²) in [5, 5.41) is 12.7. The van der Waals surface area contributed by atoms with E-state index in [9.17, 15) is 10.1 Å². The van der Waals surface area contributed by atoms with Gasteiger partial charge in [-0.2, -0.15) is 5.26 Å². The lowest BCUT2D eigenvalue weighted by Gasteiger charge is -2.53. The summed E-state index contributed by atoms with van der Waals surface area (Å²) < 4.78 is 0. The Morgan fingerprint density at radius 3 is 2.25 bits per heavy atom. The first-order chi connectivity index (χ1) is 9.76. The van der Waals surface area contributed by atoms with Crippen LogP contribution in [-0.4, -0.2) is 12.3 Å². The van der Waals surface area contributed by atoms with Gasteiger partial charge in [0.25, 0.3) is 0 Å². The predicted octanol–water partition coefficient (Wildman–Crippen LogP) is 2.79. The van der Waals surface area contributed by atoms with Gasteiger partial charge in [-0.3, -0.25) is 4.79 Å². The number of hydrogen-bond donors (Lipinski definition) is 1. The Hall–Kier alpha value is -1.30.